The number of hydrogen-bond donors (Lipinski definition) is 1. The average molecular weight is 398 g/mol. The first kappa shape index (κ1) is 21.2. The predicted octanol–water partition coefficient (Wildman–Crippen LogP) is 1.59. The molecule has 29 heavy (non-hydrogen) atoms. The van der Waals surface area contributed by atoms with Crippen LogP contribution >= 0.6 is 0 Å². The van der Waals surface area contributed by atoms with Gasteiger partial charge in [0.05, 0.1) is 27.4 Å². The molecule has 10 nitrogen and oxygen atoms in total. The van der Waals surface area contributed by atoms with E-state index in [1.807, 2.05) is 0 Å². The van der Waals surface area contributed by atoms with Gasteiger partial charge in [0.15, 0.2) is 6.61 Å². The lowest BCUT2D eigenvalue weighted by Crippen LogP contribution is -2.22. The fourth-order valence-electron chi connectivity index (χ4n) is 2.04. The highest BCUT2D eigenvalue weighted by Crippen LogP contribution is 2.17. The lowest BCUT2D eigenvalue weighted by molar-refractivity contribution is -0.142. The second-order valence-corrected chi connectivity index (χ2v) is 5.34. The van der Waals surface area contributed by atoms with Gasteiger partial charge in [-0.3, -0.25) is 10.1 Å². The Morgan fingerprint density at radius 3 is 2.21 bits per heavy atom. The molecule has 1 N–H and O–H groups in total. The van der Waals surface area contributed by atoms with Crippen LogP contribution in [0.1, 0.15) is 5.56 Å². The van der Waals surface area contributed by atoms with Gasteiger partial charge >= 0.3 is 5.97 Å². The number of aromatic nitrogens is 2. The molecule has 1 amide bonds. The topological polar surface area (TPSA) is 133 Å². The Morgan fingerprint density at radius 1 is 1.07 bits per heavy atom. The lowest BCUT2D eigenvalue weighted by atomic mass is 10.1. The van der Waals surface area contributed by atoms with Crippen molar-refractivity contribution < 1.29 is 28.5 Å². The van der Waals surface area contributed by atoms with E-state index in [-0.39, 0.29) is 23.3 Å². The highest BCUT2D eigenvalue weighted by Gasteiger charge is 2.15. The van der Waals surface area contributed by atoms with Crippen LogP contribution in [0.25, 0.3) is 6.08 Å². The minimum Gasteiger partial charge on any atom is -0.497 e. The average Bonchev–Trinajstić information content (AvgIpc) is 2.75. The van der Waals surface area contributed by atoms with E-state index < -0.39 is 18.5 Å². The van der Waals surface area contributed by atoms with Crippen molar-refractivity contribution in [2.75, 3.05) is 33.3 Å². The summed E-state index contributed by atoms with van der Waals surface area (Å²) in [7, 11) is 4.32. The van der Waals surface area contributed by atoms with Crippen molar-refractivity contribution in [3.05, 3.63) is 41.5 Å². The van der Waals surface area contributed by atoms with Crippen LogP contribution in [-0.2, 0) is 14.3 Å². The van der Waals surface area contributed by atoms with Gasteiger partial charge in [0, 0.05) is 0 Å². The van der Waals surface area contributed by atoms with Gasteiger partial charge in [0.25, 0.3) is 5.91 Å². The number of nitrogens with one attached hydrogen (secondary N) is 1. The lowest BCUT2D eigenvalue weighted by Gasteiger charge is -2.08. The summed E-state index contributed by atoms with van der Waals surface area (Å²) in [6, 6.07) is 9.88. The predicted molar refractivity (Wildman–Crippen MR) is 101 cm³/mol. The van der Waals surface area contributed by atoms with E-state index in [9.17, 15) is 14.9 Å². The van der Waals surface area contributed by atoms with Crippen LogP contribution in [0.4, 0.5) is 5.95 Å². The minimum atomic E-state index is -0.942. The zero-order chi connectivity index (χ0) is 21.2. The third-order valence-electron chi connectivity index (χ3n) is 3.45. The third-order valence-corrected chi connectivity index (χ3v) is 3.45. The summed E-state index contributed by atoms with van der Waals surface area (Å²) in [6.07, 6.45) is 1.34. The smallest absolute Gasteiger partial charge is 0.349 e. The number of nitriles is 1. The van der Waals surface area contributed by atoms with Gasteiger partial charge in [-0.1, -0.05) is 12.1 Å². The van der Waals surface area contributed by atoms with E-state index in [1.165, 1.54) is 33.5 Å². The number of benzene rings is 1. The number of rotatable bonds is 8. The fourth-order valence-corrected chi connectivity index (χ4v) is 2.04. The van der Waals surface area contributed by atoms with Crippen LogP contribution in [0.2, 0.25) is 0 Å². The zero-order valence-corrected chi connectivity index (χ0v) is 16.0. The zero-order valence-electron chi connectivity index (χ0n) is 16.0. The van der Waals surface area contributed by atoms with Crippen LogP contribution in [0.15, 0.2) is 35.9 Å². The summed E-state index contributed by atoms with van der Waals surface area (Å²) < 4.78 is 19.9. The Kier molecular flexibility index (Phi) is 7.50. The molecule has 1 aromatic heterocycles. The number of nitrogens with zero attached hydrogens (tertiary/aromatic N) is 3. The van der Waals surface area contributed by atoms with Gasteiger partial charge in [-0.15, -0.1) is 0 Å². The second kappa shape index (κ2) is 10.3. The molecular weight excluding hydrogens is 380 g/mol. The number of amides is 1. The quantitative estimate of drug-likeness (QED) is 0.400. The first-order valence-electron chi connectivity index (χ1n) is 8.19. The first-order chi connectivity index (χ1) is 14.0. The summed E-state index contributed by atoms with van der Waals surface area (Å²) in [4.78, 5) is 31.9. The monoisotopic (exact) mass is 398 g/mol. The van der Waals surface area contributed by atoms with Crippen LogP contribution in [0.5, 0.6) is 17.5 Å². The summed E-state index contributed by atoms with van der Waals surface area (Å²) in [6.45, 7) is -0.636. The Morgan fingerprint density at radius 2 is 1.69 bits per heavy atom. The van der Waals surface area contributed by atoms with E-state index in [4.69, 9.17) is 18.9 Å². The Balaban J connectivity index is 1.98. The molecule has 0 spiro atoms. The molecule has 0 aliphatic rings. The summed E-state index contributed by atoms with van der Waals surface area (Å²) >= 11 is 0. The molecule has 2 rings (SSSR count). The van der Waals surface area contributed by atoms with E-state index in [0.29, 0.717) is 11.3 Å². The standard InChI is InChI=1S/C19H18N4O6/c1-26-14-6-4-12(5-7-14)8-13(10-20)18(25)29-11-15(24)21-19-22-16(27-2)9-17(23-19)28-3/h4-9H,11H2,1-3H3,(H,21,22,23,24)/b13-8+. The largest absolute Gasteiger partial charge is 0.497 e. The molecule has 2 aromatic rings. The van der Waals surface area contributed by atoms with Gasteiger partial charge in [-0.05, 0) is 23.8 Å². The number of methoxy groups -OCH3 is 3. The number of carbonyl (C=O) groups excluding carboxylic acids is 2. The van der Waals surface area contributed by atoms with Crippen molar-refractivity contribution in [1.82, 2.24) is 9.97 Å². The summed E-state index contributed by atoms with van der Waals surface area (Å²) in [5, 5.41) is 11.5. The summed E-state index contributed by atoms with van der Waals surface area (Å²) in [5.41, 5.74) is 0.336. The van der Waals surface area contributed by atoms with Crippen molar-refractivity contribution in [3.8, 4) is 23.6 Å². The molecule has 150 valence electrons. The molecule has 0 saturated carbocycles. The molecule has 0 aliphatic heterocycles. The summed E-state index contributed by atoms with van der Waals surface area (Å²) in [5.74, 6) is -0.734. The Bertz CT molecular complexity index is 928. The SMILES string of the molecule is COc1ccc(/C=C(\C#N)C(=O)OCC(=O)Nc2nc(OC)cc(OC)n2)cc1. The van der Waals surface area contributed by atoms with Gasteiger partial charge in [0.2, 0.25) is 17.7 Å². The second-order valence-electron chi connectivity index (χ2n) is 5.34. The molecular formula is C19H18N4O6. The van der Waals surface area contributed by atoms with Crippen LogP contribution in [-0.4, -0.2) is 49.8 Å². The van der Waals surface area contributed by atoms with Crippen LogP contribution in [0, 0.1) is 11.3 Å². The number of anilines is 1. The third kappa shape index (κ3) is 6.21. The fraction of sp³-hybridized carbons (Fsp3) is 0.211. The number of carbonyl (C=O) groups is 2. The maximum Gasteiger partial charge on any atom is 0.349 e. The van der Waals surface area contributed by atoms with E-state index in [2.05, 4.69) is 15.3 Å². The van der Waals surface area contributed by atoms with E-state index in [1.54, 1.807) is 30.3 Å². The van der Waals surface area contributed by atoms with Gasteiger partial charge in [-0.25, -0.2) is 4.79 Å². The molecule has 0 saturated heterocycles. The number of hydrogen-bond acceptors (Lipinski definition) is 9. The molecule has 1 heterocycles. The van der Waals surface area contributed by atoms with Crippen LogP contribution in [0.3, 0.4) is 0 Å². The molecule has 0 atom stereocenters. The van der Waals surface area contributed by atoms with Crippen molar-refractivity contribution >= 4 is 23.9 Å². The highest BCUT2D eigenvalue weighted by molar-refractivity contribution is 5.99. The normalized spacial score (nSPS) is 10.5. The van der Waals surface area contributed by atoms with Gasteiger partial charge < -0.3 is 18.9 Å². The molecule has 10 heteroatoms. The number of esters is 1. The van der Waals surface area contributed by atoms with E-state index >= 15 is 0 Å². The van der Waals surface area contributed by atoms with Crippen molar-refractivity contribution in [3.63, 3.8) is 0 Å². The molecule has 0 fully saturated rings. The Labute approximate surface area is 166 Å². The molecule has 0 bridgehead atoms. The molecule has 0 unspecified atom stereocenters. The van der Waals surface area contributed by atoms with Crippen molar-refractivity contribution in [2.45, 2.75) is 0 Å². The minimum absolute atomic E-state index is 0.0865. The molecule has 0 radical (unpaired) electrons. The van der Waals surface area contributed by atoms with E-state index in [0.717, 1.165) is 0 Å². The number of ether oxygens (including phenoxy) is 4. The molecule has 1 aromatic carbocycles. The molecule has 0 aliphatic carbocycles. The van der Waals surface area contributed by atoms with Crippen LogP contribution < -0.4 is 19.5 Å². The van der Waals surface area contributed by atoms with Crippen molar-refractivity contribution in [1.29, 1.82) is 5.26 Å². The Hall–Kier alpha value is -4.13. The first-order valence-corrected chi connectivity index (χ1v) is 8.19. The van der Waals surface area contributed by atoms with Gasteiger partial charge in [0.1, 0.15) is 17.4 Å². The maximum atomic E-state index is 12.1. The van der Waals surface area contributed by atoms with Gasteiger partial charge in [-0.2, -0.15) is 15.2 Å². The highest BCUT2D eigenvalue weighted by atomic mass is 16.5. The maximum absolute atomic E-state index is 12.1. The van der Waals surface area contributed by atoms with Crippen molar-refractivity contribution in [2.24, 2.45) is 0 Å².